The van der Waals surface area contributed by atoms with Crippen molar-refractivity contribution in [1.82, 2.24) is 9.80 Å². The number of halogens is 2. The Labute approximate surface area is 150 Å². The van der Waals surface area contributed by atoms with Crippen LogP contribution in [-0.2, 0) is 6.54 Å². The molecular formula is C18H18BrClN2O. The van der Waals surface area contributed by atoms with Crippen molar-refractivity contribution in [2.75, 3.05) is 26.2 Å². The Morgan fingerprint density at radius 3 is 2.48 bits per heavy atom. The Balaban J connectivity index is 1.57. The van der Waals surface area contributed by atoms with Crippen molar-refractivity contribution in [2.24, 2.45) is 0 Å². The van der Waals surface area contributed by atoms with Crippen molar-refractivity contribution in [2.45, 2.75) is 6.54 Å². The van der Waals surface area contributed by atoms with Gasteiger partial charge in [0.25, 0.3) is 5.91 Å². The smallest absolute Gasteiger partial charge is 0.253 e. The van der Waals surface area contributed by atoms with E-state index in [1.807, 2.05) is 47.4 Å². The van der Waals surface area contributed by atoms with Gasteiger partial charge in [-0.05, 0) is 35.9 Å². The van der Waals surface area contributed by atoms with Gasteiger partial charge in [0.2, 0.25) is 0 Å². The fraction of sp³-hybridized carbons (Fsp3) is 0.278. The van der Waals surface area contributed by atoms with Crippen LogP contribution in [0.15, 0.2) is 53.0 Å². The molecule has 0 N–H and O–H groups in total. The number of carbonyl (C=O) groups is 1. The molecular weight excluding hydrogens is 376 g/mol. The van der Waals surface area contributed by atoms with Crippen LogP contribution in [0.1, 0.15) is 15.9 Å². The maximum Gasteiger partial charge on any atom is 0.253 e. The maximum atomic E-state index is 12.5. The van der Waals surface area contributed by atoms with E-state index in [1.165, 1.54) is 5.56 Å². The highest BCUT2D eigenvalue weighted by atomic mass is 79.9. The molecule has 1 aliphatic heterocycles. The molecule has 0 saturated carbocycles. The first kappa shape index (κ1) is 16.5. The summed E-state index contributed by atoms with van der Waals surface area (Å²) >= 11 is 9.45. The molecule has 23 heavy (non-hydrogen) atoms. The molecule has 3 nitrogen and oxygen atoms in total. The average Bonchev–Trinajstić information content (AvgIpc) is 2.55. The Bertz CT molecular complexity index is 699. The molecule has 0 aliphatic carbocycles. The number of hydrogen-bond acceptors (Lipinski definition) is 2. The number of amides is 1. The topological polar surface area (TPSA) is 23.6 Å². The van der Waals surface area contributed by atoms with Crippen LogP contribution in [0.2, 0.25) is 5.02 Å². The number of benzene rings is 2. The largest absolute Gasteiger partial charge is 0.336 e. The van der Waals surface area contributed by atoms with E-state index in [2.05, 4.69) is 26.9 Å². The normalized spacial score (nSPS) is 15.7. The second kappa shape index (κ2) is 7.47. The SMILES string of the molecule is O=C(c1cccc(Br)c1)N1CCN(Cc2cccc(Cl)c2)CC1. The van der Waals surface area contributed by atoms with E-state index in [-0.39, 0.29) is 5.91 Å². The van der Waals surface area contributed by atoms with Gasteiger partial charge in [-0.2, -0.15) is 0 Å². The van der Waals surface area contributed by atoms with Crippen LogP contribution in [0.5, 0.6) is 0 Å². The van der Waals surface area contributed by atoms with Crippen LogP contribution in [0, 0.1) is 0 Å². The maximum absolute atomic E-state index is 12.5. The Hall–Kier alpha value is -1.36. The molecule has 1 aliphatic rings. The standard InChI is InChI=1S/C18H18BrClN2O/c19-16-5-2-4-15(12-16)18(23)22-9-7-21(8-10-22)13-14-3-1-6-17(20)11-14/h1-6,11-12H,7-10,13H2. The van der Waals surface area contributed by atoms with E-state index in [0.717, 1.165) is 47.8 Å². The molecule has 0 spiro atoms. The summed E-state index contributed by atoms with van der Waals surface area (Å²) in [4.78, 5) is 16.8. The van der Waals surface area contributed by atoms with E-state index in [1.54, 1.807) is 0 Å². The van der Waals surface area contributed by atoms with Crippen LogP contribution in [-0.4, -0.2) is 41.9 Å². The first-order valence-corrected chi connectivity index (χ1v) is 8.80. The molecule has 0 unspecified atom stereocenters. The molecule has 1 amide bonds. The van der Waals surface area contributed by atoms with Crippen LogP contribution in [0.3, 0.4) is 0 Å². The van der Waals surface area contributed by atoms with Crippen LogP contribution < -0.4 is 0 Å². The summed E-state index contributed by atoms with van der Waals surface area (Å²) in [6, 6.07) is 15.5. The van der Waals surface area contributed by atoms with Gasteiger partial charge in [-0.25, -0.2) is 0 Å². The second-order valence-electron chi connectivity index (χ2n) is 5.71. The van der Waals surface area contributed by atoms with Crippen molar-refractivity contribution in [3.8, 4) is 0 Å². The highest BCUT2D eigenvalue weighted by molar-refractivity contribution is 9.10. The van der Waals surface area contributed by atoms with Crippen molar-refractivity contribution < 1.29 is 4.79 Å². The molecule has 0 radical (unpaired) electrons. The molecule has 1 saturated heterocycles. The third-order valence-electron chi connectivity index (χ3n) is 4.03. The number of piperazine rings is 1. The number of hydrogen-bond donors (Lipinski definition) is 0. The Morgan fingerprint density at radius 1 is 1.04 bits per heavy atom. The van der Waals surface area contributed by atoms with Gasteiger partial charge in [0, 0.05) is 47.8 Å². The van der Waals surface area contributed by atoms with Gasteiger partial charge in [-0.1, -0.05) is 45.7 Å². The predicted molar refractivity (Wildman–Crippen MR) is 96.8 cm³/mol. The summed E-state index contributed by atoms with van der Waals surface area (Å²) in [7, 11) is 0. The summed E-state index contributed by atoms with van der Waals surface area (Å²) in [6.07, 6.45) is 0. The quantitative estimate of drug-likeness (QED) is 0.785. The van der Waals surface area contributed by atoms with Gasteiger partial charge in [-0.3, -0.25) is 9.69 Å². The lowest BCUT2D eigenvalue weighted by molar-refractivity contribution is 0.0628. The lowest BCUT2D eigenvalue weighted by Crippen LogP contribution is -2.48. The van der Waals surface area contributed by atoms with E-state index in [0.29, 0.717) is 0 Å². The fourth-order valence-electron chi connectivity index (χ4n) is 2.81. The van der Waals surface area contributed by atoms with E-state index < -0.39 is 0 Å². The Kier molecular flexibility index (Phi) is 5.36. The molecule has 2 aromatic rings. The molecule has 0 atom stereocenters. The fourth-order valence-corrected chi connectivity index (χ4v) is 3.42. The first-order chi connectivity index (χ1) is 11.1. The Morgan fingerprint density at radius 2 is 1.78 bits per heavy atom. The molecule has 3 rings (SSSR count). The minimum Gasteiger partial charge on any atom is -0.336 e. The van der Waals surface area contributed by atoms with Gasteiger partial charge in [0.05, 0.1) is 0 Å². The summed E-state index contributed by atoms with van der Waals surface area (Å²) in [5.41, 5.74) is 1.95. The lowest BCUT2D eigenvalue weighted by atomic mass is 10.1. The summed E-state index contributed by atoms with van der Waals surface area (Å²) in [5, 5.41) is 0.769. The third-order valence-corrected chi connectivity index (χ3v) is 4.75. The van der Waals surface area contributed by atoms with Crippen molar-refractivity contribution in [3.05, 3.63) is 69.2 Å². The number of nitrogens with zero attached hydrogens (tertiary/aromatic N) is 2. The van der Waals surface area contributed by atoms with Gasteiger partial charge < -0.3 is 4.90 Å². The zero-order chi connectivity index (χ0) is 16.2. The lowest BCUT2D eigenvalue weighted by Gasteiger charge is -2.34. The van der Waals surface area contributed by atoms with E-state index in [9.17, 15) is 4.79 Å². The molecule has 2 aromatic carbocycles. The molecule has 1 heterocycles. The first-order valence-electron chi connectivity index (χ1n) is 7.63. The highest BCUT2D eigenvalue weighted by Crippen LogP contribution is 2.17. The zero-order valence-corrected chi connectivity index (χ0v) is 15.1. The molecule has 1 fully saturated rings. The number of carbonyl (C=O) groups excluding carboxylic acids is 1. The molecule has 120 valence electrons. The van der Waals surface area contributed by atoms with Crippen LogP contribution in [0.25, 0.3) is 0 Å². The van der Waals surface area contributed by atoms with Gasteiger partial charge in [0.15, 0.2) is 0 Å². The van der Waals surface area contributed by atoms with Gasteiger partial charge in [0.1, 0.15) is 0 Å². The minimum atomic E-state index is 0.105. The van der Waals surface area contributed by atoms with Crippen molar-refractivity contribution in [1.29, 1.82) is 0 Å². The van der Waals surface area contributed by atoms with E-state index >= 15 is 0 Å². The summed E-state index contributed by atoms with van der Waals surface area (Å²) < 4.78 is 0.933. The molecule has 0 aromatic heterocycles. The predicted octanol–water partition coefficient (Wildman–Crippen LogP) is 4.06. The summed E-state index contributed by atoms with van der Waals surface area (Å²) in [5.74, 6) is 0.105. The third kappa shape index (κ3) is 4.34. The van der Waals surface area contributed by atoms with Gasteiger partial charge in [-0.15, -0.1) is 0 Å². The molecule has 5 heteroatoms. The van der Waals surface area contributed by atoms with Crippen molar-refractivity contribution >= 4 is 33.4 Å². The zero-order valence-electron chi connectivity index (χ0n) is 12.7. The summed E-state index contributed by atoms with van der Waals surface area (Å²) in [6.45, 7) is 4.15. The second-order valence-corrected chi connectivity index (χ2v) is 7.06. The minimum absolute atomic E-state index is 0.105. The van der Waals surface area contributed by atoms with Crippen LogP contribution in [0.4, 0.5) is 0 Å². The number of rotatable bonds is 3. The highest BCUT2D eigenvalue weighted by Gasteiger charge is 2.22. The van der Waals surface area contributed by atoms with E-state index in [4.69, 9.17) is 11.6 Å². The monoisotopic (exact) mass is 392 g/mol. The van der Waals surface area contributed by atoms with Crippen molar-refractivity contribution in [3.63, 3.8) is 0 Å². The van der Waals surface area contributed by atoms with Gasteiger partial charge >= 0.3 is 0 Å². The van der Waals surface area contributed by atoms with Crippen LogP contribution >= 0.6 is 27.5 Å². The molecule has 0 bridgehead atoms. The average molecular weight is 394 g/mol.